The van der Waals surface area contributed by atoms with Gasteiger partial charge in [-0.25, -0.2) is 13.8 Å². The van der Waals surface area contributed by atoms with Crippen molar-refractivity contribution < 1.29 is 22.7 Å². The molecule has 0 spiro atoms. The largest absolute Gasteiger partial charge is 0.497 e. The Bertz CT molecular complexity index is 1200. The van der Waals surface area contributed by atoms with Crippen LogP contribution in [0.3, 0.4) is 0 Å². The first-order valence-corrected chi connectivity index (χ1v) is 12.1. The second-order valence-electron chi connectivity index (χ2n) is 7.23. The van der Waals surface area contributed by atoms with Crippen molar-refractivity contribution in [2.24, 2.45) is 5.10 Å². The molecule has 8 nitrogen and oxygen atoms in total. The standard InChI is InChI=1S/C25H27N3O5S/c1-3-17-33-23-13-9-20(10-14-23)18-26-27-25(29)19-28(21-11-15-22(32-2)16-12-21)34(30,31)24-7-5-4-6-8-24/h4-16,18H,3,17,19H2,1-2H3,(H,27,29). The van der Waals surface area contributed by atoms with Crippen LogP contribution in [0.4, 0.5) is 5.69 Å². The lowest BCUT2D eigenvalue weighted by Gasteiger charge is -2.23. The molecule has 0 aliphatic heterocycles. The summed E-state index contributed by atoms with van der Waals surface area (Å²) in [5.41, 5.74) is 3.48. The first-order chi connectivity index (χ1) is 16.4. The summed E-state index contributed by atoms with van der Waals surface area (Å²) in [5, 5.41) is 3.96. The van der Waals surface area contributed by atoms with Crippen molar-refractivity contribution >= 4 is 27.8 Å². The molecular weight excluding hydrogens is 454 g/mol. The van der Waals surface area contributed by atoms with E-state index in [1.54, 1.807) is 42.5 Å². The number of methoxy groups -OCH3 is 1. The van der Waals surface area contributed by atoms with Gasteiger partial charge in [-0.1, -0.05) is 25.1 Å². The molecular formula is C25H27N3O5S. The quantitative estimate of drug-likeness (QED) is 0.332. The highest BCUT2D eigenvalue weighted by molar-refractivity contribution is 7.92. The number of carbonyl (C=O) groups excluding carboxylic acids is 1. The number of ether oxygens (including phenoxy) is 2. The zero-order valence-electron chi connectivity index (χ0n) is 19.0. The SMILES string of the molecule is CCCOc1ccc(C=NNC(=O)CN(c2ccc(OC)cc2)S(=O)(=O)c2ccccc2)cc1. The average Bonchev–Trinajstić information content (AvgIpc) is 2.87. The van der Waals surface area contributed by atoms with Crippen LogP contribution < -0.4 is 19.2 Å². The van der Waals surface area contributed by atoms with Crippen molar-refractivity contribution in [1.29, 1.82) is 0 Å². The number of benzene rings is 3. The molecule has 0 heterocycles. The number of amides is 1. The highest BCUT2D eigenvalue weighted by Crippen LogP contribution is 2.25. The van der Waals surface area contributed by atoms with Crippen LogP contribution >= 0.6 is 0 Å². The summed E-state index contributed by atoms with van der Waals surface area (Å²) in [4.78, 5) is 12.7. The minimum Gasteiger partial charge on any atom is -0.497 e. The molecule has 3 rings (SSSR count). The third-order valence-electron chi connectivity index (χ3n) is 4.73. The summed E-state index contributed by atoms with van der Waals surface area (Å²) in [6.45, 7) is 2.22. The Morgan fingerprint density at radius 3 is 2.24 bits per heavy atom. The smallest absolute Gasteiger partial charge is 0.264 e. The van der Waals surface area contributed by atoms with Crippen LogP contribution in [-0.4, -0.2) is 40.8 Å². The zero-order chi connectivity index (χ0) is 24.4. The summed E-state index contributed by atoms with van der Waals surface area (Å²) in [5.74, 6) is 0.736. The summed E-state index contributed by atoms with van der Waals surface area (Å²) >= 11 is 0. The predicted octanol–water partition coefficient (Wildman–Crippen LogP) is 3.83. The molecule has 178 valence electrons. The van der Waals surface area contributed by atoms with Gasteiger partial charge >= 0.3 is 0 Å². The topological polar surface area (TPSA) is 97.3 Å². The molecule has 0 bridgehead atoms. The van der Waals surface area contributed by atoms with Crippen molar-refractivity contribution in [2.75, 3.05) is 24.6 Å². The maximum absolute atomic E-state index is 13.3. The molecule has 0 atom stereocenters. The van der Waals surface area contributed by atoms with Gasteiger partial charge in [-0.05, 0) is 72.6 Å². The van der Waals surface area contributed by atoms with E-state index in [4.69, 9.17) is 9.47 Å². The van der Waals surface area contributed by atoms with Gasteiger partial charge in [-0.3, -0.25) is 9.10 Å². The number of hydrogen-bond acceptors (Lipinski definition) is 6. The van der Waals surface area contributed by atoms with Crippen LogP contribution in [-0.2, 0) is 14.8 Å². The number of sulfonamides is 1. The number of nitrogens with one attached hydrogen (secondary N) is 1. The van der Waals surface area contributed by atoms with Gasteiger partial charge in [0.15, 0.2) is 0 Å². The number of carbonyl (C=O) groups is 1. The third-order valence-corrected chi connectivity index (χ3v) is 6.52. The Balaban J connectivity index is 1.74. The van der Waals surface area contributed by atoms with E-state index in [2.05, 4.69) is 10.5 Å². The molecule has 9 heteroatoms. The van der Waals surface area contributed by atoms with Crippen LogP contribution in [0, 0.1) is 0 Å². The Labute approximate surface area is 199 Å². The zero-order valence-corrected chi connectivity index (χ0v) is 19.9. The lowest BCUT2D eigenvalue weighted by atomic mass is 10.2. The van der Waals surface area contributed by atoms with E-state index in [0.717, 1.165) is 22.0 Å². The predicted molar refractivity (Wildman–Crippen MR) is 132 cm³/mol. The fraction of sp³-hybridized carbons (Fsp3) is 0.200. The molecule has 0 saturated carbocycles. The van der Waals surface area contributed by atoms with Crippen LogP contribution in [0.25, 0.3) is 0 Å². The van der Waals surface area contributed by atoms with E-state index < -0.39 is 22.5 Å². The molecule has 3 aromatic rings. The van der Waals surface area contributed by atoms with Gasteiger partial charge < -0.3 is 9.47 Å². The summed E-state index contributed by atoms with van der Waals surface area (Å²) in [6, 6.07) is 21.6. The Morgan fingerprint density at radius 2 is 1.62 bits per heavy atom. The second kappa shape index (κ2) is 11.9. The van der Waals surface area contributed by atoms with Crippen LogP contribution in [0.5, 0.6) is 11.5 Å². The average molecular weight is 482 g/mol. The van der Waals surface area contributed by atoms with Gasteiger partial charge in [0.1, 0.15) is 18.0 Å². The highest BCUT2D eigenvalue weighted by Gasteiger charge is 2.27. The van der Waals surface area contributed by atoms with E-state index >= 15 is 0 Å². The van der Waals surface area contributed by atoms with Crippen molar-refractivity contribution in [3.8, 4) is 11.5 Å². The van der Waals surface area contributed by atoms with Crippen LogP contribution in [0.1, 0.15) is 18.9 Å². The molecule has 0 radical (unpaired) electrons. The Morgan fingerprint density at radius 1 is 0.971 bits per heavy atom. The molecule has 3 aromatic carbocycles. The van der Waals surface area contributed by atoms with E-state index in [9.17, 15) is 13.2 Å². The maximum Gasteiger partial charge on any atom is 0.264 e. The molecule has 1 amide bonds. The van der Waals surface area contributed by atoms with Gasteiger partial charge in [0.05, 0.1) is 30.5 Å². The van der Waals surface area contributed by atoms with Gasteiger partial charge in [0.25, 0.3) is 15.9 Å². The summed E-state index contributed by atoms with van der Waals surface area (Å²) in [6.07, 6.45) is 2.40. The molecule has 0 aliphatic rings. The van der Waals surface area contributed by atoms with E-state index in [1.807, 2.05) is 31.2 Å². The Hall–Kier alpha value is -3.85. The molecule has 0 unspecified atom stereocenters. The van der Waals surface area contributed by atoms with Crippen molar-refractivity contribution in [3.05, 3.63) is 84.4 Å². The molecule has 0 fully saturated rings. The number of hydrazone groups is 1. The third kappa shape index (κ3) is 6.58. The van der Waals surface area contributed by atoms with Crippen LogP contribution in [0.2, 0.25) is 0 Å². The van der Waals surface area contributed by atoms with Crippen molar-refractivity contribution in [3.63, 3.8) is 0 Å². The minimum atomic E-state index is -3.99. The molecule has 34 heavy (non-hydrogen) atoms. The highest BCUT2D eigenvalue weighted by atomic mass is 32.2. The fourth-order valence-corrected chi connectivity index (χ4v) is 4.44. The van der Waals surface area contributed by atoms with Gasteiger partial charge in [0, 0.05) is 0 Å². The summed E-state index contributed by atoms with van der Waals surface area (Å²) < 4.78 is 38.3. The number of rotatable bonds is 11. The molecule has 0 saturated heterocycles. The number of anilines is 1. The maximum atomic E-state index is 13.3. The van der Waals surface area contributed by atoms with E-state index in [1.165, 1.54) is 25.5 Å². The molecule has 0 aliphatic carbocycles. The molecule has 0 aromatic heterocycles. The first-order valence-electron chi connectivity index (χ1n) is 10.7. The second-order valence-corrected chi connectivity index (χ2v) is 9.10. The van der Waals surface area contributed by atoms with Gasteiger partial charge in [0.2, 0.25) is 0 Å². The van der Waals surface area contributed by atoms with Crippen LogP contribution in [0.15, 0.2) is 88.9 Å². The number of hydrogen-bond donors (Lipinski definition) is 1. The fourth-order valence-electron chi connectivity index (χ4n) is 3.00. The summed E-state index contributed by atoms with van der Waals surface area (Å²) in [7, 11) is -2.47. The van der Waals surface area contributed by atoms with E-state index in [-0.39, 0.29) is 4.90 Å². The van der Waals surface area contributed by atoms with Gasteiger partial charge in [-0.2, -0.15) is 5.10 Å². The molecule has 1 N–H and O–H groups in total. The number of nitrogens with zero attached hydrogens (tertiary/aromatic N) is 2. The van der Waals surface area contributed by atoms with Gasteiger partial charge in [-0.15, -0.1) is 0 Å². The lowest BCUT2D eigenvalue weighted by molar-refractivity contribution is -0.119. The van der Waals surface area contributed by atoms with Crippen molar-refractivity contribution in [2.45, 2.75) is 18.2 Å². The Kier molecular flexibility index (Phi) is 8.64. The first kappa shape index (κ1) is 24.8. The minimum absolute atomic E-state index is 0.0764. The van der Waals surface area contributed by atoms with E-state index in [0.29, 0.717) is 18.0 Å². The monoisotopic (exact) mass is 481 g/mol. The normalized spacial score (nSPS) is 11.2. The van der Waals surface area contributed by atoms with Crippen molar-refractivity contribution in [1.82, 2.24) is 5.43 Å². The lowest BCUT2D eigenvalue weighted by Crippen LogP contribution is -2.39.